The number of urea groups is 1. The molecule has 1 saturated heterocycles. The number of morpholine rings is 1. The molecular formula is C19H22ClN3O3. The number of amides is 2. The molecule has 138 valence electrons. The van der Waals surface area contributed by atoms with Gasteiger partial charge in [-0.05, 0) is 29.3 Å². The van der Waals surface area contributed by atoms with Gasteiger partial charge in [-0.15, -0.1) is 0 Å². The van der Waals surface area contributed by atoms with Crippen molar-refractivity contribution in [1.82, 2.24) is 5.32 Å². The summed E-state index contributed by atoms with van der Waals surface area (Å²) in [4.78, 5) is 14.5. The van der Waals surface area contributed by atoms with Crippen LogP contribution in [0.25, 0.3) is 0 Å². The van der Waals surface area contributed by atoms with E-state index in [0.717, 1.165) is 29.9 Å². The molecule has 0 spiro atoms. The molecule has 0 saturated carbocycles. The van der Waals surface area contributed by atoms with Crippen LogP contribution in [0.3, 0.4) is 0 Å². The standard InChI is InChI=1S/C19H22ClN3O3/c20-16-5-6-18(23-7-9-26-10-8-23)17(11-16)22-19(25)21-12-14-3-1-2-4-15(14)13-24/h1-6,11,24H,7-10,12-13H2,(H2,21,22,25). The summed E-state index contributed by atoms with van der Waals surface area (Å²) >= 11 is 6.11. The highest BCUT2D eigenvalue weighted by Crippen LogP contribution is 2.29. The van der Waals surface area contributed by atoms with Crippen LogP contribution in [0, 0.1) is 0 Å². The van der Waals surface area contributed by atoms with Crippen molar-refractivity contribution in [3.63, 3.8) is 0 Å². The van der Waals surface area contributed by atoms with Crippen molar-refractivity contribution in [2.75, 3.05) is 36.5 Å². The first-order valence-electron chi connectivity index (χ1n) is 8.52. The van der Waals surface area contributed by atoms with Gasteiger partial charge < -0.3 is 25.4 Å². The number of aliphatic hydroxyl groups excluding tert-OH is 1. The van der Waals surface area contributed by atoms with Gasteiger partial charge in [-0.3, -0.25) is 0 Å². The average Bonchev–Trinajstić information content (AvgIpc) is 2.67. The van der Waals surface area contributed by atoms with E-state index in [-0.39, 0.29) is 12.6 Å². The van der Waals surface area contributed by atoms with E-state index in [1.54, 1.807) is 6.07 Å². The van der Waals surface area contributed by atoms with E-state index in [1.807, 2.05) is 36.4 Å². The van der Waals surface area contributed by atoms with E-state index in [2.05, 4.69) is 15.5 Å². The Kier molecular flexibility index (Phi) is 6.33. The minimum Gasteiger partial charge on any atom is -0.392 e. The highest BCUT2D eigenvalue weighted by molar-refractivity contribution is 6.31. The van der Waals surface area contributed by atoms with Crippen LogP contribution in [0.5, 0.6) is 0 Å². The smallest absolute Gasteiger partial charge is 0.319 e. The number of hydrogen-bond acceptors (Lipinski definition) is 4. The minimum atomic E-state index is -0.325. The SMILES string of the molecule is O=C(NCc1ccccc1CO)Nc1cc(Cl)ccc1N1CCOCC1. The monoisotopic (exact) mass is 375 g/mol. The van der Waals surface area contributed by atoms with E-state index < -0.39 is 0 Å². The van der Waals surface area contributed by atoms with Crippen molar-refractivity contribution in [3.8, 4) is 0 Å². The first-order valence-corrected chi connectivity index (χ1v) is 8.90. The lowest BCUT2D eigenvalue weighted by molar-refractivity contribution is 0.123. The van der Waals surface area contributed by atoms with Crippen LogP contribution in [0.15, 0.2) is 42.5 Å². The van der Waals surface area contributed by atoms with Crippen LogP contribution in [0.1, 0.15) is 11.1 Å². The molecule has 7 heteroatoms. The summed E-state index contributed by atoms with van der Waals surface area (Å²) in [5, 5.41) is 15.6. The summed E-state index contributed by atoms with van der Waals surface area (Å²) in [5.41, 5.74) is 3.25. The first kappa shape index (κ1) is 18.5. The average molecular weight is 376 g/mol. The summed E-state index contributed by atoms with van der Waals surface area (Å²) in [7, 11) is 0. The van der Waals surface area contributed by atoms with Gasteiger partial charge in [0.15, 0.2) is 0 Å². The number of nitrogens with one attached hydrogen (secondary N) is 2. The lowest BCUT2D eigenvalue weighted by Crippen LogP contribution is -2.37. The van der Waals surface area contributed by atoms with E-state index in [0.29, 0.717) is 30.5 Å². The van der Waals surface area contributed by atoms with Gasteiger partial charge in [0.2, 0.25) is 0 Å². The van der Waals surface area contributed by atoms with Crippen molar-refractivity contribution < 1.29 is 14.6 Å². The maximum Gasteiger partial charge on any atom is 0.319 e. The van der Waals surface area contributed by atoms with E-state index >= 15 is 0 Å². The molecule has 3 rings (SSSR count). The summed E-state index contributed by atoms with van der Waals surface area (Å²) in [6.45, 7) is 3.12. The molecule has 1 aliphatic heterocycles. The number of ether oxygens (including phenoxy) is 1. The molecular weight excluding hydrogens is 354 g/mol. The number of halogens is 1. The van der Waals surface area contributed by atoms with Gasteiger partial charge in [0.25, 0.3) is 0 Å². The zero-order valence-corrected chi connectivity index (χ0v) is 15.1. The number of nitrogens with zero attached hydrogens (tertiary/aromatic N) is 1. The van der Waals surface area contributed by atoms with E-state index in [4.69, 9.17) is 16.3 Å². The van der Waals surface area contributed by atoms with Gasteiger partial charge in [-0.1, -0.05) is 35.9 Å². The highest BCUT2D eigenvalue weighted by atomic mass is 35.5. The number of benzene rings is 2. The number of carbonyl (C=O) groups excluding carboxylic acids is 1. The predicted octanol–water partition coefficient (Wildman–Crippen LogP) is 2.99. The largest absolute Gasteiger partial charge is 0.392 e. The van der Waals surface area contributed by atoms with Crippen LogP contribution >= 0.6 is 11.6 Å². The van der Waals surface area contributed by atoms with Crippen molar-refractivity contribution in [2.45, 2.75) is 13.2 Å². The number of anilines is 2. The summed E-state index contributed by atoms with van der Waals surface area (Å²) in [6, 6.07) is 12.6. The van der Waals surface area contributed by atoms with E-state index in [9.17, 15) is 9.90 Å². The molecule has 1 fully saturated rings. The fourth-order valence-corrected chi connectivity index (χ4v) is 3.09. The van der Waals surface area contributed by atoms with Crippen LogP contribution in [-0.4, -0.2) is 37.4 Å². The molecule has 26 heavy (non-hydrogen) atoms. The van der Waals surface area contributed by atoms with Gasteiger partial charge >= 0.3 is 6.03 Å². The van der Waals surface area contributed by atoms with Gasteiger partial charge in [0.1, 0.15) is 0 Å². The molecule has 0 radical (unpaired) electrons. The number of aliphatic hydroxyl groups is 1. The molecule has 0 aromatic heterocycles. The topological polar surface area (TPSA) is 73.8 Å². The fourth-order valence-electron chi connectivity index (χ4n) is 2.91. The molecule has 1 heterocycles. The van der Waals surface area contributed by atoms with Crippen molar-refractivity contribution in [3.05, 3.63) is 58.6 Å². The van der Waals surface area contributed by atoms with Crippen LogP contribution in [-0.2, 0) is 17.9 Å². The molecule has 2 aromatic carbocycles. The van der Waals surface area contributed by atoms with Crippen LogP contribution in [0.2, 0.25) is 5.02 Å². The second-order valence-corrected chi connectivity index (χ2v) is 6.43. The van der Waals surface area contributed by atoms with Gasteiger partial charge in [-0.25, -0.2) is 4.79 Å². The molecule has 1 aliphatic rings. The molecule has 3 N–H and O–H groups in total. The fraction of sp³-hybridized carbons (Fsp3) is 0.316. The minimum absolute atomic E-state index is 0.0606. The zero-order chi connectivity index (χ0) is 18.4. The highest BCUT2D eigenvalue weighted by Gasteiger charge is 2.16. The van der Waals surface area contributed by atoms with Crippen LogP contribution in [0.4, 0.5) is 16.2 Å². The Hall–Kier alpha value is -2.28. The lowest BCUT2D eigenvalue weighted by Gasteiger charge is -2.30. The summed E-state index contributed by atoms with van der Waals surface area (Å²) in [5.74, 6) is 0. The second-order valence-electron chi connectivity index (χ2n) is 6.00. The third-order valence-corrected chi connectivity index (χ3v) is 4.52. The van der Waals surface area contributed by atoms with E-state index in [1.165, 1.54) is 0 Å². The van der Waals surface area contributed by atoms with Crippen molar-refractivity contribution in [1.29, 1.82) is 0 Å². The third kappa shape index (κ3) is 4.66. The van der Waals surface area contributed by atoms with Gasteiger partial charge in [0.05, 0.1) is 31.2 Å². The number of hydrogen-bond donors (Lipinski definition) is 3. The summed E-state index contributed by atoms with van der Waals surface area (Å²) in [6.07, 6.45) is 0. The maximum atomic E-state index is 12.4. The normalized spacial score (nSPS) is 14.2. The molecule has 0 aliphatic carbocycles. The molecule has 0 unspecified atom stereocenters. The molecule has 0 bridgehead atoms. The quantitative estimate of drug-likeness (QED) is 0.751. The molecule has 2 amide bonds. The number of carbonyl (C=O) groups is 1. The predicted molar refractivity (Wildman–Crippen MR) is 103 cm³/mol. The van der Waals surface area contributed by atoms with Crippen molar-refractivity contribution >= 4 is 29.0 Å². The zero-order valence-electron chi connectivity index (χ0n) is 14.4. The third-order valence-electron chi connectivity index (χ3n) is 4.29. The maximum absolute atomic E-state index is 12.4. The lowest BCUT2D eigenvalue weighted by atomic mass is 10.1. The Labute approximate surface area is 157 Å². The molecule has 2 aromatic rings. The molecule has 6 nitrogen and oxygen atoms in total. The number of rotatable bonds is 5. The summed E-state index contributed by atoms with van der Waals surface area (Å²) < 4.78 is 5.39. The molecule has 0 atom stereocenters. The Morgan fingerprint density at radius 3 is 2.62 bits per heavy atom. The van der Waals surface area contributed by atoms with Crippen LogP contribution < -0.4 is 15.5 Å². The van der Waals surface area contributed by atoms with Crippen molar-refractivity contribution in [2.24, 2.45) is 0 Å². The van der Waals surface area contributed by atoms with Gasteiger partial charge in [0, 0.05) is 24.7 Å². The Bertz CT molecular complexity index is 763. The second kappa shape index (κ2) is 8.89. The Morgan fingerprint density at radius 2 is 1.88 bits per heavy atom. The van der Waals surface area contributed by atoms with Gasteiger partial charge in [-0.2, -0.15) is 0 Å². The Balaban J connectivity index is 1.67. The first-order chi connectivity index (χ1) is 12.7. The Morgan fingerprint density at radius 1 is 1.15 bits per heavy atom.